The van der Waals surface area contributed by atoms with Crippen molar-refractivity contribution in [2.45, 2.75) is 11.8 Å². The standard InChI is InChI=1S/C19H19Cl2N3O3S.H2O4S/c1-2-23-5-7-24(8-6-23)28(25,26)19-9-14(13-22)3-4-18(19)27-17-11-15(20)10-16(21)12-17;1-5(2,3)4/h3-4,9-12H,2,5-8H2,1H3;(H2,1,2,3,4). The van der Waals surface area contributed by atoms with Crippen LogP contribution in [0.2, 0.25) is 10.0 Å². The van der Waals surface area contributed by atoms with Crippen molar-refractivity contribution in [2.24, 2.45) is 0 Å². The van der Waals surface area contributed by atoms with Crippen LogP contribution in [-0.4, -0.2) is 67.9 Å². The van der Waals surface area contributed by atoms with Gasteiger partial charge in [0, 0.05) is 36.2 Å². The summed E-state index contributed by atoms with van der Waals surface area (Å²) in [4.78, 5) is 2.14. The van der Waals surface area contributed by atoms with Gasteiger partial charge >= 0.3 is 10.4 Å². The summed E-state index contributed by atoms with van der Waals surface area (Å²) in [5.74, 6) is 0.435. The maximum atomic E-state index is 13.3. The summed E-state index contributed by atoms with van der Waals surface area (Å²) in [5, 5.41) is 9.96. The molecule has 10 nitrogen and oxygen atoms in total. The minimum Gasteiger partial charge on any atom is -0.456 e. The zero-order valence-corrected chi connectivity index (χ0v) is 20.5. The van der Waals surface area contributed by atoms with E-state index in [4.69, 9.17) is 45.5 Å². The largest absolute Gasteiger partial charge is 0.456 e. The Kier molecular flexibility index (Phi) is 9.48. The van der Waals surface area contributed by atoms with E-state index in [2.05, 4.69) is 4.90 Å². The van der Waals surface area contributed by atoms with E-state index < -0.39 is 20.4 Å². The number of benzene rings is 2. The highest BCUT2D eigenvalue weighted by atomic mass is 35.5. The van der Waals surface area contributed by atoms with E-state index in [0.29, 0.717) is 42.0 Å². The Morgan fingerprint density at radius 3 is 2.03 bits per heavy atom. The number of sulfonamides is 1. The summed E-state index contributed by atoms with van der Waals surface area (Å²) < 4.78 is 65.3. The lowest BCUT2D eigenvalue weighted by Crippen LogP contribution is -2.48. The minimum absolute atomic E-state index is 0.0485. The van der Waals surface area contributed by atoms with E-state index in [1.807, 2.05) is 13.0 Å². The highest BCUT2D eigenvalue weighted by Crippen LogP contribution is 2.34. The molecular formula is C19H21Cl2N3O7S2. The van der Waals surface area contributed by atoms with E-state index in [1.54, 1.807) is 18.2 Å². The van der Waals surface area contributed by atoms with Crippen molar-refractivity contribution < 1.29 is 30.7 Å². The van der Waals surface area contributed by atoms with Crippen LogP contribution in [-0.2, 0) is 20.4 Å². The molecule has 1 fully saturated rings. The molecule has 0 amide bonds. The molecule has 0 saturated carbocycles. The maximum absolute atomic E-state index is 13.3. The number of piperazine rings is 1. The van der Waals surface area contributed by atoms with Gasteiger partial charge in [0.15, 0.2) is 0 Å². The first kappa shape index (κ1) is 27.3. The second kappa shape index (κ2) is 11.5. The Balaban J connectivity index is 0.000000696. The van der Waals surface area contributed by atoms with Gasteiger partial charge in [-0.2, -0.15) is 18.0 Å². The Morgan fingerprint density at radius 2 is 1.55 bits per heavy atom. The third-order valence-electron chi connectivity index (χ3n) is 4.53. The van der Waals surface area contributed by atoms with Crippen molar-refractivity contribution in [3.63, 3.8) is 0 Å². The fourth-order valence-electron chi connectivity index (χ4n) is 3.00. The fraction of sp³-hybridized carbons (Fsp3) is 0.316. The Bertz CT molecular complexity index is 1210. The molecule has 0 spiro atoms. The summed E-state index contributed by atoms with van der Waals surface area (Å²) in [7, 11) is -8.50. The number of rotatable bonds is 5. The van der Waals surface area contributed by atoms with Gasteiger partial charge in [-0.05, 0) is 42.9 Å². The molecule has 1 aliphatic heterocycles. The van der Waals surface area contributed by atoms with E-state index in [-0.39, 0.29) is 16.2 Å². The highest BCUT2D eigenvalue weighted by molar-refractivity contribution is 7.89. The second-order valence-electron chi connectivity index (χ2n) is 6.77. The molecule has 1 aliphatic rings. The van der Waals surface area contributed by atoms with Crippen LogP contribution in [0.15, 0.2) is 41.3 Å². The smallest absolute Gasteiger partial charge is 0.394 e. The van der Waals surface area contributed by atoms with Gasteiger partial charge in [0.1, 0.15) is 16.4 Å². The zero-order valence-electron chi connectivity index (χ0n) is 17.3. The average Bonchev–Trinajstić information content (AvgIpc) is 2.72. The first-order valence-corrected chi connectivity index (χ1v) is 13.0. The SMILES string of the molecule is CCN1CCN(S(=O)(=O)c2cc(C#N)ccc2Oc2cc(Cl)cc(Cl)c2)CC1.O=S(=O)(O)O. The van der Waals surface area contributed by atoms with Gasteiger partial charge in [-0.15, -0.1) is 0 Å². The van der Waals surface area contributed by atoms with Crippen molar-refractivity contribution in [1.29, 1.82) is 5.26 Å². The van der Waals surface area contributed by atoms with Crippen LogP contribution in [0.5, 0.6) is 11.5 Å². The van der Waals surface area contributed by atoms with Crippen molar-refractivity contribution in [2.75, 3.05) is 32.7 Å². The van der Waals surface area contributed by atoms with E-state index >= 15 is 0 Å². The monoisotopic (exact) mass is 537 g/mol. The topological polar surface area (TPSA) is 148 Å². The van der Waals surface area contributed by atoms with Crippen LogP contribution >= 0.6 is 23.2 Å². The zero-order chi connectivity index (χ0) is 24.8. The van der Waals surface area contributed by atoms with E-state index in [9.17, 15) is 13.7 Å². The molecule has 2 N–H and O–H groups in total. The molecule has 0 aliphatic carbocycles. The summed E-state index contributed by atoms with van der Waals surface area (Å²) in [6.07, 6.45) is 0. The van der Waals surface area contributed by atoms with Gasteiger partial charge in [-0.1, -0.05) is 30.1 Å². The number of nitrogens with zero attached hydrogens (tertiary/aromatic N) is 3. The summed E-state index contributed by atoms with van der Waals surface area (Å²) in [6, 6.07) is 10.9. The predicted octanol–water partition coefficient (Wildman–Crippen LogP) is 3.33. The van der Waals surface area contributed by atoms with Crippen LogP contribution in [0.1, 0.15) is 12.5 Å². The number of halogens is 2. The van der Waals surface area contributed by atoms with Gasteiger partial charge < -0.3 is 9.64 Å². The predicted molar refractivity (Wildman–Crippen MR) is 123 cm³/mol. The van der Waals surface area contributed by atoms with Crippen LogP contribution in [0.3, 0.4) is 0 Å². The molecular weight excluding hydrogens is 517 g/mol. The van der Waals surface area contributed by atoms with E-state index in [1.165, 1.54) is 22.5 Å². The third kappa shape index (κ3) is 8.40. The van der Waals surface area contributed by atoms with Crippen LogP contribution in [0, 0.1) is 11.3 Å². The number of hydrogen-bond donors (Lipinski definition) is 2. The molecule has 0 radical (unpaired) electrons. The summed E-state index contributed by atoms with van der Waals surface area (Å²) in [6.45, 7) is 5.01. The molecule has 3 rings (SSSR count). The fourth-order valence-corrected chi connectivity index (χ4v) is 5.07. The first-order valence-electron chi connectivity index (χ1n) is 9.44. The Labute approximate surface area is 202 Å². The molecule has 180 valence electrons. The summed E-state index contributed by atoms with van der Waals surface area (Å²) >= 11 is 12.0. The lowest BCUT2D eigenvalue weighted by atomic mass is 10.2. The van der Waals surface area contributed by atoms with Crippen molar-refractivity contribution in [3.8, 4) is 17.6 Å². The number of nitriles is 1. The van der Waals surface area contributed by atoms with Crippen LogP contribution in [0.25, 0.3) is 0 Å². The number of hydrogen-bond acceptors (Lipinski definition) is 7. The van der Waals surface area contributed by atoms with Gasteiger partial charge in [0.05, 0.1) is 11.6 Å². The summed E-state index contributed by atoms with van der Waals surface area (Å²) in [5.41, 5.74) is 0.238. The molecule has 1 saturated heterocycles. The molecule has 14 heteroatoms. The molecule has 0 bridgehead atoms. The number of likely N-dealkylation sites (N-methyl/N-ethyl adjacent to an activating group) is 1. The van der Waals surface area contributed by atoms with Crippen LogP contribution < -0.4 is 4.74 Å². The lowest BCUT2D eigenvalue weighted by Gasteiger charge is -2.33. The molecule has 2 aromatic rings. The first-order chi connectivity index (χ1) is 15.3. The number of ether oxygens (including phenoxy) is 1. The van der Waals surface area contributed by atoms with Gasteiger partial charge in [-0.25, -0.2) is 8.42 Å². The molecule has 0 aromatic heterocycles. The Hall–Kier alpha value is -1.95. The molecule has 2 aromatic carbocycles. The Morgan fingerprint density at radius 1 is 1.00 bits per heavy atom. The quantitative estimate of drug-likeness (QED) is 0.547. The van der Waals surface area contributed by atoms with E-state index in [0.717, 1.165) is 6.54 Å². The molecule has 0 atom stereocenters. The van der Waals surface area contributed by atoms with Crippen LogP contribution in [0.4, 0.5) is 0 Å². The lowest BCUT2D eigenvalue weighted by molar-refractivity contribution is 0.196. The minimum atomic E-state index is -4.67. The second-order valence-corrected chi connectivity index (χ2v) is 10.4. The third-order valence-corrected chi connectivity index (χ3v) is 6.89. The maximum Gasteiger partial charge on any atom is 0.394 e. The molecule has 1 heterocycles. The van der Waals surface area contributed by atoms with Gasteiger partial charge in [-0.3, -0.25) is 9.11 Å². The van der Waals surface area contributed by atoms with Gasteiger partial charge in [0.2, 0.25) is 10.0 Å². The average molecular weight is 538 g/mol. The van der Waals surface area contributed by atoms with Crippen molar-refractivity contribution in [1.82, 2.24) is 9.21 Å². The molecule has 33 heavy (non-hydrogen) atoms. The van der Waals surface area contributed by atoms with Gasteiger partial charge in [0.25, 0.3) is 0 Å². The normalized spacial score (nSPS) is 15.3. The molecule has 0 unspecified atom stereocenters. The van der Waals surface area contributed by atoms with Crippen molar-refractivity contribution in [3.05, 3.63) is 52.0 Å². The van der Waals surface area contributed by atoms with Crippen molar-refractivity contribution >= 4 is 43.6 Å². The highest BCUT2D eigenvalue weighted by Gasteiger charge is 2.31.